The average molecular weight is 244 g/mol. The second-order valence-electron chi connectivity index (χ2n) is 5.91. The summed E-state index contributed by atoms with van der Waals surface area (Å²) in [5.41, 5.74) is 0. The Morgan fingerprint density at radius 1 is 1.00 bits per heavy atom. The molecule has 0 spiro atoms. The lowest BCUT2D eigenvalue weighted by Gasteiger charge is -2.29. The minimum absolute atomic E-state index is 0.194. The highest BCUT2D eigenvalue weighted by Gasteiger charge is 2.17. The zero-order valence-corrected chi connectivity index (χ0v) is 12.6. The van der Waals surface area contributed by atoms with Crippen LogP contribution in [0.15, 0.2) is 0 Å². The maximum atomic E-state index is 10.1. The Labute approximate surface area is 108 Å². The molecule has 2 atom stereocenters. The number of aliphatic hydroxyl groups excluding tert-OH is 1. The molecule has 0 saturated heterocycles. The minimum Gasteiger partial charge on any atom is -0.392 e. The summed E-state index contributed by atoms with van der Waals surface area (Å²) in [6.07, 6.45) is 0.852. The fraction of sp³-hybridized carbons (Fsp3) is 1.00. The lowest BCUT2D eigenvalue weighted by Crippen LogP contribution is -2.41. The molecule has 0 amide bonds. The number of rotatable bonds is 9. The maximum absolute atomic E-state index is 10.1. The smallest absolute Gasteiger partial charge is 0.0692 e. The highest BCUT2D eigenvalue weighted by atomic mass is 16.3. The third kappa shape index (κ3) is 8.58. The van der Waals surface area contributed by atoms with Gasteiger partial charge in [-0.1, -0.05) is 34.1 Å². The van der Waals surface area contributed by atoms with Crippen LogP contribution in [0.25, 0.3) is 0 Å². The molecule has 0 aliphatic carbocycles. The van der Waals surface area contributed by atoms with Crippen molar-refractivity contribution in [3.8, 4) is 0 Å². The monoisotopic (exact) mass is 244 g/mol. The molecule has 3 heteroatoms. The lowest BCUT2D eigenvalue weighted by atomic mass is 10.0. The van der Waals surface area contributed by atoms with Crippen molar-refractivity contribution in [1.29, 1.82) is 0 Å². The summed E-state index contributed by atoms with van der Waals surface area (Å²) in [5.74, 6) is 1.05. The van der Waals surface area contributed by atoms with Gasteiger partial charge in [0, 0.05) is 26.2 Å². The number of hydrogen-bond acceptors (Lipinski definition) is 3. The van der Waals surface area contributed by atoms with Crippen molar-refractivity contribution in [2.75, 3.05) is 40.3 Å². The van der Waals surface area contributed by atoms with Crippen LogP contribution in [0.5, 0.6) is 0 Å². The molecule has 0 aliphatic heterocycles. The standard InChI is InChI=1S/C14H32N2O/c1-7-13(4)14(17)11-16(10-12(2)3)9-8-15(5)6/h12-14,17H,7-11H2,1-6H3. The van der Waals surface area contributed by atoms with Crippen LogP contribution in [0.1, 0.15) is 34.1 Å². The lowest BCUT2D eigenvalue weighted by molar-refractivity contribution is 0.0615. The molecule has 0 aromatic rings. The molecular formula is C14H32N2O. The van der Waals surface area contributed by atoms with Gasteiger partial charge in [-0.25, -0.2) is 0 Å². The first-order valence-electron chi connectivity index (χ1n) is 6.91. The van der Waals surface area contributed by atoms with Gasteiger partial charge in [0.1, 0.15) is 0 Å². The van der Waals surface area contributed by atoms with Gasteiger partial charge in [0.2, 0.25) is 0 Å². The molecule has 0 radical (unpaired) electrons. The molecule has 0 fully saturated rings. The Bertz CT molecular complexity index is 183. The SMILES string of the molecule is CCC(C)C(O)CN(CCN(C)C)CC(C)C. The van der Waals surface area contributed by atoms with Gasteiger partial charge in [0.15, 0.2) is 0 Å². The highest BCUT2D eigenvalue weighted by molar-refractivity contribution is 4.71. The Morgan fingerprint density at radius 3 is 2.00 bits per heavy atom. The summed E-state index contributed by atoms with van der Waals surface area (Å²) in [4.78, 5) is 4.59. The van der Waals surface area contributed by atoms with E-state index in [1.807, 2.05) is 0 Å². The first-order chi connectivity index (χ1) is 7.86. The number of aliphatic hydroxyl groups is 1. The van der Waals surface area contributed by atoms with Crippen LogP contribution in [0.3, 0.4) is 0 Å². The van der Waals surface area contributed by atoms with Gasteiger partial charge < -0.3 is 10.0 Å². The van der Waals surface area contributed by atoms with Crippen LogP contribution in [-0.2, 0) is 0 Å². The molecule has 0 bridgehead atoms. The first-order valence-corrected chi connectivity index (χ1v) is 6.91. The Kier molecular flexibility index (Phi) is 8.83. The molecule has 0 aliphatic rings. The van der Waals surface area contributed by atoms with Gasteiger partial charge in [-0.2, -0.15) is 0 Å². The fourth-order valence-corrected chi connectivity index (χ4v) is 1.83. The van der Waals surface area contributed by atoms with E-state index in [9.17, 15) is 5.11 Å². The van der Waals surface area contributed by atoms with Gasteiger partial charge in [-0.15, -0.1) is 0 Å². The Balaban J connectivity index is 4.17. The van der Waals surface area contributed by atoms with Crippen molar-refractivity contribution in [3.63, 3.8) is 0 Å². The molecular weight excluding hydrogens is 212 g/mol. The molecule has 0 aromatic carbocycles. The maximum Gasteiger partial charge on any atom is 0.0692 e. The van der Waals surface area contributed by atoms with Crippen LogP contribution in [0, 0.1) is 11.8 Å². The highest BCUT2D eigenvalue weighted by Crippen LogP contribution is 2.10. The van der Waals surface area contributed by atoms with E-state index in [2.05, 4.69) is 51.6 Å². The van der Waals surface area contributed by atoms with Crippen molar-refractivity contribution in [2.24, 2.45) is 11.8 Å². The van der Waals surface area contributed by atoms with Gasteiger partial charge in [0.25, 0.3) is 0 Å². The van der Waals surface area contributed by atoms with E-state index in [0.29, 0.717) is 11.8 Å². The van der Waals surface area contributed by atoms with Gasteiger partial charge in [-0.05, 0) is 25.9 Å². The van der Waals surface area contributed by atoms with Crippen LogP contribution in [0.4, 0.5) is 0 Å². The molecule has 1 N–H and O–H groups in total. The van der Waals surface area contributed by atoms with Crippen molar-refractivity contribution in [3.05, 3.63) is 0 Å². The zero-order chi connectivity index (χ0) is 13.4. The Morgan fingerprint density at radius 2 is 1.59 bits per heavy atom. The fourth-order valence-electron chi connectivity index (χ4n) is 1.83. The van der Waals surface area contributed by atoms with Gasteiger partial charge in [-0.3, -0.25) is 4.90 Å². The topological polar surface area (TPSA) is 26.7 Å². The van der Waals surface area contributed by atoms with E-state index in [1.54, 1.807) is 0 Å². The molecule has 17 heavy (non-hydrogen) atoms. The van der Waals surface area contributed by atoms with Crippen molar-refractivity contribution in [2.45, 2.75) is 40.2 Å². The molecule has 2 unspecified atom stereocenters. The molecule has 0 heterocycles. The quantitative estimate of drug-likeness (QED) is 0.671. The largest absolute Gasteiger partial charge is 0.392 e. The van der Waals surface area contributed by atoms with E-state index in [-0.39, 0.29) is 6.10 Å². The third-order valence-corrected chi connectivity index (χ3v) is 3.23. The second kappa shape index (κ2) is 8.90. The van der Waals surface area contributed by atoms with Crippen molar-refractivity contribution >= 4 is 0 Å². The molecule has 3 nitrogen and oxygen atoms in total. The van der Waals surface area contributed by atoms with E-state index in [1.165, 1.54) is 0 Å². The van der Waals surface area contributed by atoms with Crippen LogP contribution in [-0.4, -0.2) is 61.3 Å². The van der Waals surface area contributed by atoms with E-state index >= 15 is 0 Å². The van der Waals surface area contributed by atoms with Crippen LogP contribution in [0.2, 0.25) is 0 Å². The van der Waals surface area contributed by atoms with Crippen molar-refractivity contribution < 1.29 is 5.11 Å². The van der Waals surface area contributed by atoms with Crippen LogP contribution < -0.4 is 0 Å². The zero-order valence-electron chi connectivity index (χ0n) is 12.6. The Hall–Kier alpha value is -0.120. The third-order valence-electron chi connectivity index (χ3n) is 3.23. The minimum atomic E-state index is -0.194. The average Bonchev–Trinajstić information content (AvgIpc) is 2.23. The summed E-state index contributed by atoms with van der Waals surface area (Å²) in [7, 11) is 4.19. The van der Waals surface area contributed by atoms with E-state index in [0.717, 1.165) is 32.6 Å². The normalized spacial score (nSPS) is 15.9. The summed E-state index contributed by atoms with van der Waals surface area (Å²) >= 11 is 0. The van der Waals surface area contributed by atoms with Crippen LogP contribution >= 0.6 is 0 Å². The van der Waals surface area contributed by atoms with Crippen molar-refractivity contribution in [1.82, 2.24) is 9.80 Å². The predicted octanol–water partition coefficient (Wildman–Crippen LogP) is 1.91. The summed E-state index contributed by atoms with van der Waals surface area (Å²) in [6.45, 7) is 12.7. The van der Waals surface area contributed by atoms with Gasteiger partial charge >= 0.3 is 0 Å². The summed E-state index contributed by atoms with van der Waals surface area (Å²) < 4.78 is 0. The second-order valence-corrected chi connectivity index (χ2v) is 5.91. The number of likely N-dealkylation sites (N-methyl/N-ethyl adjacent to an activating group) is 1. The summed E-state index contributed by atoms with van der Waals surface area (Å²) in [6, 6.07) is 0. The number of nitrogens with zero attached hydrogens (tertiary/aromatic N) is 2. The van der Waals surface area contributed by atoms with E-state index < -0.39 is 0 Å². The predicted molar refractivity (Wildman–Crippen MR) is 75.3 cm³/mol. The number of hydrogen-bond donors (Lipinski definition) is 1. The van der Waals surface area contributed by atoms with E-state index in [4.69, 9.17) is 0 Å². The first kappa shape index (κ1) is 16.9. The molecule has 0 aromatic heterocycles. The van der Waals surface area contributed by atoms with Gasteiger partial charge in [0.05, 0.1) is 6.10 Å². The molecule has 0 saturated carbocycles. The molecule has 0 rings (SSSR count). The molecule has 104 valence electrons. The summed E-state index contributed by atoms with van der Waals surface area (Å²) in [5, 5.41) is 10.1.